The van der Waals surface area contributed by atoms with Crippen LogP contribution in [0.1, 0.15) is 59.5 Å². The fraction of sp³-hybridized carbons (Fsp3) is 0.400. The second kappa shape index (κ2) is 6.56. The zero-order valence-electron chi connectivity index (χ0n) is 16.0. The van der Waals surface area contributed by atoms with Gasteiger partial charge in [-0.3, -0.25) is 4.79 Å². The minimum absolute atomic E-state index is 0.0259. The molecule has 1 N–H and O–H groups in total. The molecule has 1 fully saturated rings. The average molecular weight is 382 g/mol. The number of aromatic nitrogens is 4. The lowest BCUT2D eigenvalue weighted by atomic mass is 9.95. The minimum atomic E-state index is -0.0636. The van der Waals surface area contributed by atoms with Gasteiger partial charge in [0.2, 0.25) is 0 Å². The number of carbonyl (C=O) groups is 1. The highest BCUT2D eigenvalue weighted by atomic mass is 32.1. The number of carbonyl (C=O) groups excluding carboxylic acids is 1. The van der Waals surface area contributed by atoms with Gasteiger partial charge in [-0.1, -0.05) is 12.1 Å². The Kier molecular flexibility index (Phi) is 4.34. The standard InChI is InChI=1S/C20H23N5OS/c1-12(2)25-13(3)23-24-17(25)16-11-27-19(22-16)20(9-10-20)15-7-5-14(6-8-15)18(26)21-4/h5-8,11-12H,9-10H2,1-4H3,(H,21,26). The van der Waals surface area contributed by atoms with Gasteiger partial charge in [0.05, 0.1) is 0 Å². The van der Waals surface area contributed by atoms with Crippen molar-refractivity contribution in [1.82, 2.24) is 25.1 Å². The predicted octanol–water partition coefficient (Wildman–Crippen LogP) is 3.73. The highest BCUT2D eigenvalue weighted by molar-refractivity contribution is 7.10. The molecule has 7 heteroatoms. The lowest BCUT2D eigenvalue weighted by molar-refractivity contribution is 0.0963. The Balaban J connectivity index is 1.66. The number of hydrogen-bond acceptors (Lipinski definition) is 5. The van der Waals surface area contributed by atoms with Crippen LogP contribution >= 0.6 is 11.3 Å². The van der Waals surface area contributed by atoms with E-state index in [4.69, 9.17) is 4.98 Å². The maximum Gasteiger partial charge on any atom is 0.251 e. The van der Waals surface area contributed by atoms with Gasteiger partial charge in [-0.15, -0.1) is 21.5 Å². The van der Waals surface area contributed by atoms with E-state index in [0.29, 0.717) is 5.56 Å². The van der Waals surface area contributed by atoms with Crippen molar-refractivity contribution >= 4 is 17.2 Å². The Morgan fingerprint density at radius 2 is 1.93 bits per heavy atom. The van der Waals surface area contributed by atoms with Crippen LogP contribution in [-0.4, -0.2) is 32.7 Å². The van der Waals surface area contributed by atoms with E-state index in [1.807, 2.05) is 19.1 Å². The summed E-state index contributed by atoms with van der Waals surface area (Å²) in [7, 11) is 1.65. The lowest BCUT2D eigenvalue weighted by Crippen LogP contribution is -2.18. The van der Waals surface area contributed by atoms with Crippen LogP contribution in [0.15, 0.2) is 29.6 Å². The van der Waals surface area contributed by atoms with Crippen LogP contribution in [0, 0.1) is 6.92 Å². The largest absolute Gasteiger partial charge is 0.355 e. The fourth-order valence-electron chi connectivity index (χ4n) is 3.59. The summed E-state index contributed by atoms with van der Waals surface area (Å²) in [5.41, 5.74) is 2.76. The van der Waals surface area contributed by atoms with E-state index < -0.39 is 0 Å². The molecule has 0 atom stereocenters. The molecule has 0 bridgehead atoms. The van der Waals surface area contributed by atoms with Gasteiger partial charge in [0.1, 0.15) is 16.5 Å². The van der Waals surface area contributed by atoms with E-state index in [2.05, 4.69) is 51.4 Å². The molecule has 0 saturated heterocycles. The normalized spacial score (nSPS) is 15.1. The third-order valence-electron chi connectivity index (χ3n) is 5.20. The van der Waals surface area contributed by atoms with E-state index in [0.717, 1.165) is 35.2 Å². The maximum absolute atomic E-state index is 11.8. The molecule has 3 aromatic rings. The summed E-state index contributed by atoms with van der Waals surface area (Å²) in [4.78, 5) is 16.7. The Morgan fingerprint density at radius 3 is 2.52 bits per heavy atom. The zero-order valence-corrected chi connectivity index (χ0v) is 16.8. The number of thiazole rings is 1. The van der Waals surface area contributed by atoms with Gasteiger partial charge in [0, 0.05) is 29.4 Å². The summed E-state index contributed by atoms with van der Waals surface area (Å²) in [6.45, 7) is 6.23. The molecule has 1 aliphatic carbocycles. The molecule has 1 aliphatic rings. The SMILES string of the molecule is CNC(=O)c1ccc(C2(c3nc(-c4nnc(C)n4C(C)C)cs3)CC2)cc1. The van der Waals surface area contributed by atoms with E-state index in [9.17, 15) is 4.79 Å². The smallest absolute Gasteiger partial charge is 0.251 e. The van der Waals surface area contributed by atoms with Crippen LogP contribution in [-0.2, 0) is 5.41 Å². The number of aryl methyl sites for hydroxylation is 1. The molecule has 2 heterocycles. The van der Waals surface area contributed by atoms with Gasteiger partial charge in [0.25, 0.3) is 5.91 Å². The number of amides is 1. The fourth-order valence-corrected chi connectivity index (χ4v) is 4.67. The molecule has 0 spiro atoms. The average Bonchev–Trinajstić information content (AvgIpc) is 3.15. The second-order valence-corrected chi connectivity index (χ2v) is 8.17. The van der Waals surface area contributed by atoms with Crippen molar-refractivity contribution in [2.75, 3.05) is 7.05 Å². The number of benzene rings is 1. The van der Waals surface area contributed by atoms with Crippen LogP contribution in [0.4, 0.5) is 0 Å². The summed E-state index contributed by atoms with van der Waals surface area (Å²) >= 11 is 1.68. The van der Waals surface area contributed by atoms with Crippen molar-refractivity contribution in [3.05, 3.63) is 51.6 Å². The topological polar surface area (TPSA) is 72.7 Å². The van der Waals surface area contributed by atoms with Crippen molar-refractivity contribution in [1.29, 1.82) is 0 Å². The number of hydrogen-bond donors (Lipinski definition) is 1. The Morgan fingerprint density at radius 1 is 1.22 bits per heavy atom. The Labute approximate surface area is 162 Å². The molecule has 1 amide bonds. The summed E-state index contributed by atoms with van der Waals surface area (Å²) in [6, 6.07) is 8.18. The van der Waals surface area contributed by atoms with Crippen LogP contribution in [0.25, 0.3) is 11.5 Å². The molecular weight excluding hydrogens is 358 g/mol. The molecular formula is C20H23N5OS. The molecule has 1 saturated carbocycles. The molecule has 2 aromatic heterocycles. The van der Waals surface area contributed by atoms with E-state index in [-0.39, 0.29) is 17.4 Å². The molecule has 27 heavy (non-hydrogen) atoms. The quantitative estimate of drug-likeness (QED) is 0.731. The molecule has 6 nitrogen and oxygen atoms in total. The molecule has 140 valence electrons. The summed E-state index contributed by atoms with van der Waals surface area (Å²) < 4.78 is 2.12. The van der Waals surface area contributed by atoms with Crippen molar-refractivity contribution in [3.8, 4) is 11.5 Å². The van der Waals surface area contributed by atoms with Crippen LogP contribution in [0.3, 0.4) is 0 Å². The first kappa shape index (κ1) is 17.9. The summed E-state index contributed by atoms with van der Waals surface area (Å²) in [5.74, 6) is 1.67. The summed E-state index contributed by atoms with van der Waals surface area (Å²) in [5, 5.41) is 14.4. The van der Waals surface area contributed by atoms with Gasteiger partial charge in [-0.25, -0.2) is 4.98 Å². The molecule has 0 radical (unpaired) electrons. The molecule has 4 rings (SSSR count). The minimum Gasteiger partial charge on any atom is -0.355 e. The van der Waals surface area contributed by atoms with Crippen molar-refractivity contribution in [3.63, 3.8) is 0 Å². The van der Waals surface area contributed by atoms with E-state index in [1.165, 1.54) is 5.56 Å². The van der Waals surface area contributed by atoms with Crippen molar-refractivity contribution in [2.24, 2.45) is 0 Å². The molecule has 0 unspecified atom stereocenters. The van der Waals surface area contributed by atoms with Crippen LogP contribution < -0.4 is 5.32 Å². The monoisotopic (exact) mass is 381 g/mol. The number of nitrogens with one attached hydrogen (secondary N) is 1. The first-order chi connectivity index (χ1) is 13.0. The Bertz CT molecular complexity index is 982. The maximum atomic E-state index is 11.8. The van der Waals surface area contributed by atoms with Gasteiger partial charge >= 0.3 is 0 Å². The molecule has 1 aromatic carbocycles. The Hall–Kier alpha value is -2.54. The first-order valence-electron chi connectivity index (χ1n) is 9.17. The van der Waals surface area contributed by atoms with Gasteiger partial charge in [-0.2, -0.15) is 0 Å². The van der Waals surface area contributed by atoms with Gasteiger partial charge in [-0.05, 0) is 51.3 Å². The zero-order chi connectivity index (χ0) is 19.2. The van der Waals surface area contributed by atoms with Crippen LogP contribution in [0.5, 0.6) is 0 Å². The third-order valence-corrected chi connectivity index (χ3v) is 6.25. The number of nitrogens with zero attached hydrogens (tertiary/aromatic N) is 4. The first-order valence-corrected chi connectivity index (χ1v) is 10.0. The van der Waals surface area contributed by atoms with Crippen LogP contribution in [0.2, 0.25) is 0 Å². The third kappa shape index (κ3) is 2.96. The highest BCUT2D eigenvalue weighted by Crippen LogP contribution is 2.54. The summed E-state index contributed by atoms with van der Waals surface area (Å²) in [6.07, 6.45) is 2.16. The second-order valence-electron chi connectivity index (χ2n) is 7.31. The van der Waals surface area contributed by atoms with Crippen molar-refractivity contribution < 1.29 is 4.79 Å². The highest BCUT2D eigenvalue weighted by Gasteiger charge is 2.48. The van der Waals surface area contributed by atoms with Crippen molar-refractivity contribution in [2.45, 2.75) is 45.1 Å². The van der Waals surface area contributed by atoms with E-state index >= 15 is 0 Å². The van der Waals surface area contributed by atoms with Gasteiger partial charge < -0.3 is 9.88 Å². The predicted molar refractivity (Wildman–Crippen MR) is 106 cm³/mol. The van der Waals surface area contributed by atoms with Gasteiger partial charge in [0.15, 0.2) is 5.82 Å². The lowest BCUT2D eigenvalue weighted by Gasteiger charge is -2.13. The van der Waals surface area contributed by atoms with E-state index in [1.54, 1.807) is 18.4 Å². The molecule has 0 aliphatic heterocycles. The number of rotatable bonds is 5.